The van der Waals surface area contributed by atoms with E-state index >= 15 is 0 Å². The lowest BCUT2D eigenvalue weighted by molar-refractivity contribution is 0.606. The van der Waals surface area contributed by atoms with Gasteiger partial charge in [-0.2, -0.15) is 0 Å². The predicted octanol–water partition coefficient (Wildman–Crippen LogP) is -0.427. The van der Waals surface area contributed by atoms with Crippen LogP contribution in [-0.2, 0) is 10.0 Å². The summed E-state index contributed by atoms with van der Waals surface area (Å²) >= 11 is 0. The zero-order valence-corrected chi connectivity index (χ0v) is 4.40. The first-order chi connectivity index (χ1) is 3.06. The Kier molecular flexibility index (Phi) is 1.77. The molecule has 0 amide bonds. The molecule has 0 heterocycles. The summed E-state index contributed by atoms with van der Waals surface area (Å²) in [4.78, 5) is 0. The molecule has 7 heavy (non-hydrogen) atoms. The third-order valence-corrected chi connectivity index (χ3v) is 0.743. The van der Waals surface area contributed by atoms with E-state index < -0.39 is 10.0 Å². The van der Waals surface area contributed by atoms with Gasteiger partial charge in [0.1, 0.15) is 0 Å². The van der Waals surface area contributed by atoms with Gasteiger partial charge < -0.3 is 0 Å². The first kappa shape index (κ1) is 6.43. The molecule has 0 aliphatic heterocycles. The fourth-order valence-corrected chi connectivity index (χ4v) is 0.348. The molecule has 0 radical (unpaired) electrons. The summed E-state index contributed by atoms with van der Waals surface area (Å²) < 4.78 is 19.7. The second-order valence-electron chi connectivity index (χ2n) is 0.911. The molecule has 0 fully saturated rings. The fraction of sp³-hybridized carbons (Fsp3) is 0. The van der Waals surface area contributed by atoms with Gasteiger partial charge in [0.15, 0.2) is 0 Å². The van der Waals surface area contributed by atoms with Gasteiger partial charge in [0.2, 0.25) is 10.0 Å². The van der Waals surface area contributed by atoms with Gasteiger partial charge in [0, 0.05) is 0 Å². The first-order valence-corrected chi connectivity index (χ1v) is 3.06. The van der Waals surface area contributed by atoms with E-state index in [-0.39, 0.29) is 0 Å². The maximum absolute atomic E-state index is 9.85. The van der Waals surface area contributed by atoms with Gasteiger partial charge in [-0.15, -0.1) is 5.73 Å². The van der Waals surface area contributed by atoms with E-state index in [0.717, 1.165) is 0 Å². The molecular formula is C3H5NO2S. The lowest BCUT2D eigenvalue weighted by atomic mass is 11.0. The van der Waals surface area contributed by atoms with Gasteiger partial charge in [-0.3, -0.25) is 0 Å². The van der Waals surface area contributed by atoms with E-state index in [9.17, 15) is 8.42 Å². The van der Waals surface area contributed by atoms with Crippen LogP contribution in [-0.4, -0.2) is 8.42 Å². The van der Waals surface area contributed by atoms with Crippen molar-refractivity contribution in [1.29, 1.82) is 0 Å². The van der Waals surface area contributed by atoms with E-state index in [4.69, 9.17) is 0 Å². The number of hydrogen-bond acceptors (Lipinski definition) is 2. The molecule has 0 unspecified atom stereocenters. The molecular weight excluding hydrogens is 114 g/mol. The molecule has 4 heteroatoms. The van der Waals surface area contributed by atoms with Crippen LogP contribution in [0.15, 0.2) is 17.7 Å². The van der Waals surface area contributed by atoms with Crippen LogP contribution in [0.3, 0.4) is 0 Å². The molecule has 0 spiro atoms. The Morgan fingerprint density at radius 2 is 2.14 bits per heavy atom. The average molecular weight is 119 g/mol. The third-order valence-electron chi connectivity index (χ3n) is 0.248. The van der Waals surface area contributed by atoms with Crippen molar-refractivity contribution in [2.24, 2.45) is 5.14 Å². The van der Waals surface area contributed by atoms with Crippen molar-refractivity contribution < 1.29 is 8.42 Å². The highest BCUT2D eigenvalue weighted by Crippen LogP contribution is 1.72. The van der Waals surface area contributed by atoms with Crippen molar-refractivity contribution >= 4 is 10.0 Å². The van der Waals surface area contributed by atoms with Gasteiger partial charge in [0.25, 0.3) is 0 Å². The van der Waals surface area contributed by atoms with Crippen LogP contribution in [0.25, 0.3) is 0 Å². The summed E-state index contributed by atoms with van der Waals surface area (Å²) in [6.07, 6.45) is 0. The van der Waals surface area contributed by atoms with Crippen LogP contribution >= 0.6 is 0 Å². The summed E-state index contributed by atoms with van der Waals surface area (Å²) in [7, 11) is -3.47. The molecule has 2 N–H and O–H groups in total. The minimum atomic E-state index is -3.47. The highest BCUT2D eigenvalue weighted by molar-refractivity contribution is 7.92. The van der Waals surface area contributed by atoms with Crippen LogP contribution in [0.4, 0.5) is 0 Å². The molecule has 0 aromatic heterocycles. The molecule has 0 aromatic carbocycles. The van der Waals surface area contributed by atoms with Crippen LogP contribution in [0.5, 0.6) is 0 Å². The van der Waals surface area contributed by atoms with E-state index in [0.29, 0.717) is 5.41 Å². The van der Waals surface area contributed by atoms with Crippen LogP contribution in [0.1, 0.15) is 0 Å². The zero-order valence-electron chi connectivity index (χ0n) is 3.59. The topological polar surface area (TPSA) is 60.2 Å². The lowest BCUT2D eigenvalue weighted by Crippen LogP contribution is -2.06. The summed E-state index contributed by atoms with van der Waals surface area (Å²) in [6.45, 7) is 3.01. The van der Waals surface area contributed by atoms with E-state index in [1.807, 2.05) is 5.73 Å². The van der Waals surface area contributed by atoms with Crippen LogP contribution in [0, 0.1) is 0 Å². The summed E-state index contributed by atoms with van der Waals surface area (Å²) in [5, 5.41) is 5.16. The van der Waals surface area contributed by atoms with Gasteiger partial charge in [0.05, 0.1) is 5.41 Å². The molecule has 40 valence electrons. The first-order valence-electron chi connectivity index (χ1n) is 1.45. The Labute approximate surface area is 42.2 Å². The second-order valence-corrected chi connectivity index (χ2v) is 2.32. The monoisotopic (exact) mass is 119 g/mol. The van der Waals surface area contributed by atoms with Crippen LogP contribution < -0.4 is 5.14 Å². The van der Waals surface area contributed by atoms with E-state index in [1.54, 1.807) is 0 Å². The Bertz CT molecular complexity index is 185. The Morgan fingerprint density at radius 1 is 1.71 bits per heavy atom. The molecule has 0 atom stereocenters. The van der Waals surface area contributed by atoms with Crippen molar-refractivity contribution in [3.05, 3.63) is 17.7 Å². The molecule has 0 saturated carbocycles. The Balaban J connectivity index is 4.44. The Hall–Kier alpha value is -0.570. The van der Waals surface area contributed by atoms with E-state index in [2.05, 4.69) is 11.7 Å². The van der Waals surface area contributed by atoms with Gasteiger partial charge in [-0.1, -0.05) is 6.58 Å². The van der Waals surface area contributed by atoms with Crippen molar-refractivity contribution in [2.45, 2.75) is 0 Å². The minimum Gasteiger partial charge on any atom is -0.225 e. The predicted molar refractivity (Wildman–Crippen MR) is 26.8 cm³/mol. The summed E-state index contributed by atoms with van der Waals surface area (Å²) in [5.41, 5.74) is 2.02. The second kappa shape index (κ2) is 1.93. The van der Waals surface area contributed by atoms with Crippen LogP contribution in [0.2, 0.25) is 0 Å². The molecule has 0 saturated heterocycles. The number of primary sulfonamides is 1. The zero-order chi connectivity index (χ0) is 5.91. The molecule has 0 aliphatic carbocycles. The number of hydrogen-bond donors (Lipinski definition) is 1. The number of rotatable bonds is 1. The number of nitrogens with two attached hydrogens (primary N) is 1. The Morgan fingerprint density at radius 3 is 2.14 bits per heavy atom. The summed E-state index contributed by atoms with van der Waals surface area (Å²) in [6, 6.07) is 0. The van der Waals surface area contributed by atoms with Gasteiger partial charge >= 0.3 is 0 Å². The molecule has 0 rings (SSSR count). The van der Waals surface area contributed by atoms with E-state index in [1.165, 1.54) is 0 Å². The maximum atomic E-state index is 9.85. The smallest absolute Gasteiger partial charge is 0.225 e. The van der Waals surface area contributed by atoms with Crippen molar-refractivity contribution in [3.63, 3.8) is 0 Å². The maximum Gasteiger partial charge on any atom is 0.238 e. The SMILES string of the molecule is C=C=CS(N)(=O)=O. The summed E-state index contributed by atoms with van der Waals surface area (Å²) in [5.74, 6) is 0. The van der Waals surface area contributed by atoms with Crippen molar-refractivity contribution in [2.75, 3.05) is 0 Å². The lowest BCUT2D eigenvalue weighted by Gasteiger charge is -1.75. The third kappa shape index (κ3) is 5.43. The molecule has 0 bridgehead atoms. The molecule has 0 aromatic rings. The largest absolute Gasteiger partial charge is 0.238 e. The molecule has 0 aliphatic rings. The standard InChI is InChI=1S/C3H5NO2S/c1-2-3-7(4,5)6/h3H,1H2,(H2,4,5,6). The van der Waals surface area contributed by atoms with Gasteiger partial charge in [-0.05, 0) is 0 Å². The highest BCUT2D eigenvalue weighted by Gasteiger charge is 1.87. The molecule has 3 nitrogen and oxygen atoms in total. The fourth-order valence-electron chi connectivity index (χ4n) is 0.116. The average Bonchev–Trinajstić information content (AvgIpc) is 1.30. The van der Waals surface area contributed by atoms with Crippen molar-refractivity contribution in [1.82, 2.24) is 0 Å². The minimum absolute atomic E-state index is 0.701. The van der Waals surface area contributed by atoms with Crippen molar-refractivity contribution in [3.8, 4) is 0 Å². The van der Waals surface area contributed by atoms with Gasteiger partial charge in [-0.25, -0.2) is 13.6 Å². The highest BCUT2D eigenvalue weighted by atomic mass is 32.2. The normalized spacial score (nSPS) is 9.86. The number of sulfonamides is 1. The quantitative estimate of drug-likeness (QED) is 0.476.